The van der Waals surface area contributed by atoms with Gasteiger partial charge in [0.2, 0.25) is 0 Å². The number of hydrogen-bond acceptors (Lipinski definition) is 3. The van der Waals surface area contributed by atoms with Crippen LogP contribution in [0.15, 0.2) is 48.5 Å². The Bertz CT molecular complexity index is 702. The van der Waals surface area contributed by atoms with E-state index in [1.165, 1.54) is 18.2 Å². The van der Waals surface area contributed by atoms with Crippen molar-refractivity contribution in [1.82, 2.24) is 5.32 Å². The molecule has 0 aromatic heterocycles. The van der Waals surface area contributed by atoms with E-state index in [0.717, 1.165) is 5.56 Å². The Hall–Kier alpha value is -2.76. The number of aryl methyl sites for hydroxylation is 1. The molecule has 0 aliphatic rings. The van der Waals surface area contributed by atoms with Gasteiger partial charge in [-0.2, -0.15) is 0 Å². The lowest BCUT2D eigenvalue weighted by molar-refractivity contribution is -0.148. The smallest absolute Gasteiger partial charge is 0.306 e. The highest BCUT2D eigenvalue weighted by atomic mass is 19.1. The van der Waals surface area contributed by atoms with Crippen molar-refractivity contribution >= 4 is 11.9 Å². The van der Waals surface area contributed by atoms with Gasteiger partial charge in [0.25, 0.3) is 5.91 Å². The van der Waals surface area contributed by atoms with E-state index in [9.17, 15) is 18.4 Å². The third-order valence-corrected chi connectivity index (χ3v) is 3.33. The Labute approximate surface area is 138 Å². The Morgan fingerprint density at radius 3 is 2.42 bits per heavy atom. The van der Waals surface area contributed by atoms with Crippen LogP contribution >= 0.6 is 0 Å². The van der Waals surface area contributed by atoms with Crippen LogP contribution in [0.1, 0.15) is 17.5 Å². The molecule has 0 atom stereocenters. The molecular weight excluding hydrogens is 316 g/mol. The summed E-state index contributed by atoms with van der Waals surface area (Å²) in [4.78, 5) is 23.2. The van der Waals surface area contributed by atoms with Gasteiger partial charge in [-0.05, 0) is 30.2 Å². The van der Waals surface area contributed by atoms with Gasteiger partial charge in [-0.25, -0.2) is 8.78 Å². The van der Waals surface area contributed by atoms with Gasteiger partial charge in [-0.15, -0.1) is 0 Å². The maximum absolute atomic E-state index is 13.4. The van der Waals surface area contributed by atoms with Crippen molar-refractivity contribution < 1.29 is 23.1 Å². The van der Waals surface area contributed by atoms with Gasteiger partial charge in [0.05, 0.1) is 0 Å². The Morgan fingerprint density at radius 2 is 1.71 bits per heavy atom. The molecule has 0 spiro atoms. The van der Waals surface area contributed by atoms with Crippen molar-refractivity contribution in [3.8, 4) is 0 Å². The topological polar surface area (TPSA) is 55.4 Å². The van der Waals surface area contributed by atoms with E-state index in [4.69, 9.17) is 4.74 Å². The first kappa shape index (κ1) is 17.6. The first-order valence-electron chi connectivity index (χ1n) is 7.45. The summed E-state index contributed by atoms with van der Waals surface area (Å²) >= 11 is 0. The van der Waals surface area contributed by atoms with Crippen molar-refractivity contribution in [2.45, 2.75) is 19.4 Å². The number of amides is 1. The van der Waals surface area contributed by atoms with E-state index in [2.05, 4.69) is 5.32 Å². The highest BCUT2D eigenvalue weighted by Gasteiger charge is 2.09. The largest absolute Gasteiger partial charge is 0.456 e. The fraction of sp³-hybridized carbons (Fsp3) is 0.222. The monoisotopic (exact) mass is 333 g/mol. The third kappa shape index (κ3) is 5.79. The molecule has 2 aromatic carbocycles. The molecule has 2 aromatic rings. The van der Waals surface area contributed by atoms with Crippen molar-refractivity contribution in [3.05, 3.63) is 71.3 Å². The minimum Gasteiger partial charge on any atom is -0.456 e. The quantitative estimate of drug-likeness (QED) is 0.793. The van der Waals surface area contributed by atoms with Crippen molar-refractivity contribution in [3.63, 3.8) is 0 Å². The molecule has 0 fully saturated rings. The highest BCUT2D eigenvalue weighted by Crippen LogP contribution is 2.07. The van der Waals surface area contributed by atoms with Crippen LogP contribution in [0.4, 0.5) is 8.78 Å². The molecule has 0 heterocycles. The zero-order valence-electron chi connectivity index (χ0n) is 12.9. The normalized spacial score (nSPS) is 10.2. The third-order valence-electron chi connectivity index (χ3n) is 3.33. The number of benzene rings is 2. The number of ether oxygens (including phenoxy) is 1. The summed E-state index contributed by atoms with van der Waals surface area (Å²) in [5.74, 6) is -1.78. The molecule has 6 heteroatoms. The van der Waals surface area contributed by atoms with Gasteiger partial charge in [0.15, 0.2) is 6.61 Å². The molecule has 4 nitrogen and oxygen atoms in total. The second-order valence-electron chi connectivity index (χ2n) is 5.16. The van der Waals surface area contributed by atoms with Crippen LogP contribution in [-0.4, -0.2) is 18.5 Å². The summed E-state index contributed by atoms with van der Waals surface area (Å²) in [5, 5.41) is 2.48. The van der Waals surface area contributed by atoms with E-state index < -0.39 is 24.3 Å². The number of esters is 1. The number of halogens is 2. The standard InChI is InChI=1S/C18H17F2NO3/c19-15-8-5-13(6-9-15)7-10-18(23)24-12-17(22)21-11-14-3-1-2-4-16(14)20/h1-6,8-9H,7,10-12H2,(H,21,22). The number of rotatable bonds is 7. The van der Waals surface area contributed by atoms with E-state index in [1.807, 2.05) is 0 Å². The molecule has 0 aliphatic heterocycles. The number of hydrogen-bond donors (Lipinski definition) is 1. The van der Waals surface area contributed by atoms with Gasteiger partial charge < -0.3 is 10.1 Å². The number of carbonyl (C=O) groups is 2. The van der Waals surface area contributed by atoms with E-state index >= 15 is 0 Å². The average molecular weight is 333 g/mol. The first-order valence-corrected chi connectivity index (χ1v) is 7.45. The molecule has 2 rings (SSSR count). The Kier molecular flexibility index (Phi) is 6.42. The van der Waals surface area contributed by atoms with Crippen LogP contribution in [0, 0.1) is 11.6 Å². The lowest BCUT2D eigenvalue weighted by Gasteiger charge is -2.07. The fourth-order valence-corrected chi connectivity index (χ4v) is 2.00. The van der Waals surface area contributed by atoms with E-state index in [-0.39, 0.29) is 18.8 Å². The SMILES string of the molecule is O=C(COC(=O)CCc1ccc(F)cc1)NCc1ccccc1F. The van der Waals surface area contributed by atoms with Gasteiger partial charge in [-0.1, -0.05) is 30.3 Å². The summed E-state index contributed by atoms with van der Waals surface area (Å²) in [5.41, 5.74) is 1.16. The molecule has 0 radical (unpaired) electrons. The van der Waals surface area contributed by atoms with Crippen LogP contribution in [0.25, 0.3) is 0 Å². The van der Waals surface area contributed by atoms with Crippen molar-refractivity contribution in [2.75, 3.05) is 6.61 Å². The molecule has 0 saturated heterocycles. The van der Waals surface area contributed by atoms with Gasteiger partial charge in [0.1, 0.15) is 11.6 Å². The minimum atomic E-state index is -0.527. The van der Waals surface area contributed by atoms with Crippen LogP contribution in [0.3, 0.4) is 0 Å². The molecule has 0 aliphatic carbocycles. The zero-order valence-corrected chi connectivity index (χ0v) is 12.9. The summed E-state index contributed by atoms with van der Waals surface area (Å²) < 4.78 is 31.0. The van der Waals surface area contributed by atoms with Crippen LogP contribution in [-0.2, 0) is 27.3 Å². The second-order valence-corrected chi connectivity index (χ2v) is 5.16. The molecule has 0 saturated carbocycles. The maximum atomic E-state index is 13.4. The maximum Gasteiger partial charge on any atom is 0.306 e. The predicted octanol–water partition coefficient (Wildman–Crippen LogP) is 2.76. The zero-order chi connectivity index (χ0) is 17.4. The lowest BCUT2D eigenvalue weighted by Crippen LogP contribution is -2.28. The Morgan fingerprint density at radius 1 is 1.00 bits per heavy atom. The second kappa shape index (κ2) is 8.76. The lowest BCUT2D eigenvalue weighted by atomic mass is 10.1. The average Bonchev–Trinajstić information content (AvgIpc) is 2.58. The van der Waals surface area contributed by atoms with Gasteiger partial charge in [0, 0.05) is 18.5 Å². The number of nitrogens with one attached hydrogen (secondary N) is 1. The molecular formula is C18H17F2NO3. The molecule has 24 heavy (non-hydrogen) atoms. The van der Waals surface area contributed by atoms with E-state index in [0.29, 0.717) is 12.0 Å². The van der Waals surface area contributed by atoms with Gasteiger partial charge >= 0.3 is 5.97 Å². The van der Waals surface area contributed by atoms with Crippen molar-refractivity contribution in [2.24, 2.45) is 0 Å². The molecule has 1 amide bonds. The molecule has 1 N–H and O–H groups in total. The Balaban J connectivity index is 1.66. The van der Waals surface area contributed by atoms with Crippen LogP contribution in [0.5, 0.6) is 0 Å². The number of carbonyl (C=O) groups excluding carboxylic acids is 2. The van der Waals surface area contributed by atoms with Gasteiger partial charge in [-0.3, -0.25) is 9.59 Å². The highest BCUT2D eigenvalue weighted by molar-refractivity contribution is 5.80. The fourth-order valence-electron chi connectivity index (χ4n) is 2.00. The van der Waals surface area contributed by atoms with Crippen molar-refractivity contribution in [1.29, 1.82) is 0 Å². The first-order chi connectivity index (χ1) is 11.5. The van der Waals surface area contributed by atoms with Crippen LogP contribution in [0.2, 0.25) is 0 Å². The summed E-state index contributed by atoms with van der Waals surface area (Å²) in [7, 11) is 0. The van der Waals surface area contributed by atoms with E-state index in [1.54, 1.807) is 30.3 Å². The summed E-state index contributed by atoms with van der Waals surface area (Å²) in [6.45, 7) is -0.394. The molecule has 126 valence electrons. The summed E-state index contributed by atoms with van der Waals surface area (Å²) in [6, 6.07) is 11.9. The van der Waals surface area contributed by atoms with Crippen LogP contribution < -0.4 is 5.32 Å². The molecule has 0 unspecified atom stereocenters. The predicted molar refractivity (Wildman–Crippen MR) is 83.9 cm³/mol. The molecule has 0 bridgehead atoms. The minimum absolute atomic E-state index is 0.0264. The summed E-state index contributed by atoms with van der Waals surface area (Å²) in [6.07, 6.45) is 0.488.